The normalized spacial score (nSPS) is 21.9. The second kappa shape index (κ2) is 10.9. The number of carbonyl (C=O) groups is 1. The first-order valence-corrected chi connectivity index (χ1v) is 9.19. The molecule has 0 unspecified atom stereocenters. The van der Waals surface area contributed by atoms with Crippen molar-refractivity contribution in [1.82, 2.24) is 9.55 Å². The Labute approximate surface area is 172 Å². The third-order valence-electron chi connectivity index (χ3n) is 4.20. The van der Waals surface area contributed by atoms with Gasteiger partial charge in [0.2, 0.25) is 0 Å². The zero-order valence-electron chi connectivity index (χ0n) is 17.4. The van der Waals surface area contributed by atoms with Gasteiger partial charge in [-0.1, -0.05) is 5.11 Å². The highest BCUT2D eigenvalue weighted by Crippen LogP contribution is 2.29. The topological polar surface area (TPSA) is 193 Å². The number of carboxylic acids is 1. The average Bonchev–Trinajstić information content (AvgIpc) is 2.99. The maximum atomic E-state index is 11.7. The molecule has 0 aromatic carbocycles. The Balaban J connectivity index is 0.000000352. The van der Waals surface area contributed by atoms with Crippen LogP contribution in [0.2, 0.25) is 0 Å². The number of aromatic amines is 1. The smallest absolute Gasteiger partial charge is 0.330 e. The van der Waals surface area contributed by atoms with E-state index in [-0.39, 0.29) is 19.4 Å². The van der Waals surface area contributed by atoms with Gasteiger partial charge in [-0.05, 0) is 12.5 Å². The number of hydrogen-bond acceptors (Lipinski definition) is 8. The van der Waals surface area contributed by atoms with Crippen LogP contribution in [0.3, 0.4) is 0 Å². The number of hydrogen-bond donors (Lipinski definition) is 3. The number of aromatic nitrogens is 2. The van der Waals surface area contributed by atoms with Crippen molar-refractivity contribution in [2.75, 3.05) is 34.3 Å². The number of aliphatic carboxylic acids is 1. The predicted octanol–water partition coefficient (Wildman–Crippen LogP) is -2.00. The van der Waals surface area contributed by atoms with Gasteiger partial charge < -0.3 is 29.3 Å². The van der Waals surface area contributed by atoms with Crippen molar-refractivity contribution >= 4 is 5.97 Å². The molecule has 13 heteroatoms. The van der Waals surface area contributed by atoms with Gasteiger partial charge in [0.15, 0.2) is 0 Å². The Bertz CT molecular complexity index is 884. The van der Waals surface area contributed by atoms with E-state index in [1.807, 2.05) is 21.1 Å². The molecule has 30 heavy (non-hydrogen) atoms. The Morgan fingerprint density at radius 2 is 2.13 bits per heavy atom. The second-order valence-electron chi connectivity index (χ2n) is 8.00. The zero-order chi connectivity index (χ0) is 23.1. The number of aliphatic hydroxyl groups excluding tert-OH is 2. The number of rotatable bonds is 7. The number of aryl methyl sites for hydroxylation is 1. The maximum Gasteiger partial charge on any atom is 0.330 e. The molecule has 2 heterocycles. The van der Waals surface area contributed by atoms with Gasteiger partial charge in [0.25, 0.3) is 5.56 Å². The molecule has 0 radical (unpaired) electrons. The molecular weight excluding hydrogens is 400 g/mol. The summed E-state index contributed by atoms with van der Waals surface area (Å²) in [4.78, 5) is 37.9. The molecule has 2 rings (SSSR count). The van der Waals surface area contributed by atoms with Gasteiger partial charge in [-0.25, -0.2) is 4.79 Å². The van der Waals surface area contributed by atoms with Crippen molar-refractivity contribution in [3.63, 3.8) is 0 Å². The fourth-order valence-corrected chi connectivity index (χ4v) is 2.93. The molecule has 1 saturated heterocycles. The first-order valence-electron chi connectivity index (χ1n) is 9.19. The zero-order valence-corrected chi connectivity index (χ0v) is 17.4. The van der Waals surface area contributed by atoms with E-state index in [2.05, 4.69) is 15.0 Å². The number of carbonyl (C=O) groups excluding carboxylic acids is 1. The predicted molar refractivity (Wildman–Crippen MR) is 103 cm³/mol. The third-order valence-corrected chi connectivity index (χ3v) is 4.20. The number of quaternary nitrogens is 1. The number of H-pyrrole nitrogens is 1. The molecular formula is C17H28N6O7. The van der Waals surface area contributed by atoms with E-state index in [0.29, 0.717) is 16.6 Å². The minimum Gasteiger partial charge on any atom is -0.550 e. The van der Waals surface area contributed by atoms with Gasteiger partial charge in [0.05, 0.1) is 39.9 Å². The molecule has 1 fully saturated rings. The van der Waals surface area contributed by atoms with Gasteiger partial charge >= 0.3 is 5.69 Å². The molecule has 0 spiro atoms. The number of nitrogens with zero attached hydrogens (tertiary/aromatic N) is 5. The molecule has 1 aliphatic heterocycles. The van der Waals surface area contributed by atoms with E-state index in [4.69, 9.17) is 20.5 Å². The summed E-state index contributed by atoms with van der Waals surface area (Å²) < 4.78 is 7.24. The molecule has 1 aromatic rings. The lowest BCUT2D eigenvalue weighted by molar-refractivity contribution is -0.873. The molecule has 0 saturated carbocycles. The summed E-state index contributed by atoms with van der Waals surface area (Å²) in [7, 11) is 5.66. The van der Waals surface area contributed by atoms with Crippen molar-refractivity contribution in [2.45, 2.75) is 44.2 Å². The molecule has 0 bridgehead atoms. The van der Waals surface area contributed by atoms with E-state index >= 15 is 0 Å². The van der Waals surface area contributed by atoms with Crippen LogP contribution in [0.5, 0.6) is 0 Å². The van der Waals surface area contributed by atoms with Crippen molar-refractivity contribution < 1.29 is 29.3 Å². The van der Waals surface area contributed by atoms with Gasteiger partial charge in [0.1, 0.15) is 18.9 Å². The highest BCUT2D eigenvalue weighted by atomic mass is 16.5. The van der Waals surface area contributed by atoms with E-state index in [9.17, 15) is 19.5 Å². The molecule has 0 amide bonds. The lowest BCUT2D eigenvalue weighted by atomic mass is 10.1. The highest BCUT2D eigenvalue weighted by molar-refractivity contribution is 5.64. The summed E-state index contributed by atoms with van der Waals surface area (Å²) in [6.07, 6.45) is -0.759. The second-order valence-corrected chi connectivity index (χ2v) is 8.00. The summed E-state index contributed by atoms with van der Waals surface area (Å²) in [6, 6.07) is -0.542. The fraction of sp³-hybridized carbons (Fsp3) is 0.706. The quantitative estimate of drug-likeness (QED) is 0.193. The minimum atomic E-state index is -1.20. The van der Waals surface area contributed by atoms with Crippen LogP contribution in [-0.2, 0) is 9.53 Å². The fourth-order valence-electron chi connectivity index (χ4n) is 2.93. The SMILES string of the molecule is C[N+](C)(C)C[C@H](O)CC(=O)[O-].Cc1cn([C@H]2C[C@H](N=[N+]=[N-])[C@@H](CO)O2)c(=O)[nH]c1=O. The molecule has 3 N–H and O–H groups in total. The third kappa shape index (κ3) is 7.97. The van der Waals surface area contributed by atoms with Crippen LogP contribution in [0.4, 0.5) is 0 Å². The standard InChI is InChI=1S/C10H13N5O4.C7H15NO3/c1-5-3-15(10(18)12-9(5)17)8-2-6(13-14-11)7(4-16)19-8;1-8(2,3)5-6(9)4-7(10)11/h3,6-8,16H,2,4H2,1H3,(H,12,17,18);6,9H,4-5H2,1-3H3/t6-,7+,8+;6-/m01/s1. The van der Waals surface area contributed by atoms with E-state index in [1.54, 1.807) is 6.92 Å². The number of likely N-dealkylation sites (N-methyl/N-ethyl adjacent to an activating group) is 1. The first-order chi connectivity index (χ1) is 13.9. The van der Waals surface area contributed by atoms with Gasteiger partial charge in [-0.15, -0.1) is 0 Å². The van der Waals surface area contributed by atoms with Crippen LogP contribution in [0, 0.1) is 6.92 Å². The number of aliphatic hydroxyl groups is 2. The Morgan fingerprint density at radius 1 is 1.50 bits per heavy atom. The van der Waals surface area contributed by atoms with E-state index in [0.717, 1.165) is 0 Å². The molecule has 1 aromatic heterocycles. The number of nitrogens with one attached hydrogen (secondary N) is 1. The van der Waals surface area contributed by atoms with Crippen LogP contribution < -0.4 is 16.4 Å². The molecule has 0 aliphatic carbocycles. The Kier molecular flexibility index (Phi) is 9.21. The summed E-state index contributed by atoms with van der Waals surface area (Å²) in [6.45, 7) is 1.68. The number of azide groups is 1. The molecule has 4 atom stereocenters. The van der Waals surface area contributed by atoms with Crippen LogP contribution >= 0.6 is 0 Å². The van der Waals surface area contributed by atoms with Gasteiger partial charge in [-0.2, -0.15) is 0 Å². The summed E-state index contributed by atoms with van der Waals surface area (Å²) in [5, 5.41) is 31.8. The van der Waals surface area contributed by atoms with Crippen LogP contribution in [0.15, 0.2) is 20.9 Å². The highest BCUT2D eigenvalue weighted by Gasteiger charge is 2.35. The van der Waals surface area contributed by atoms with Crippen molar-refractivity contribution in [3.05, 3.63) is 43.0 Å². The first kappa shape index (κ1) is 25.3. The monoisotopic (exact) mass is 428 g/mol. The Morgan fingerprint density at radius 3 is 2.63 bits per heavy atom. The van der Waals surface area contributed by atoms with Crippen molar-refractivity contribution in [2.24, 2.45) is 5.11 Å². The lowest BCUT2D eigenvalue weighted by Gasteiger charge is -2.26. The largest absolute Gasteiger partial charge is 0.550 e. The van der Waals surface area contributed by atoms with Crippen LogP contribution in [0.1, 0.15) is 24.6 Å². The van der Waals surface area contributed by atoms with Gasteiger partial charge in [0, 0.05) is 35.5 Å². The molecule has 13 nitrogen and oxygen atoms in total. The molecule has 1 aliphatic rings. The lowest BCUT2D eigenvalue weighted by Crippen LogP contribution is -2.43. The summed E-state index contributed by atoms with van der Waals surface area (Å²) in [5.74, 6) is -1.20. The van der Waals surface area contributed by atoms with E-state index in [1.165, 1.54) is 10.8 Å². The number of carboxylic acid groups (broad SMARTS) is 1. The van der Waals surface area contributed by atoms with Crippen molar-refractivity contribution in [3.8, 4) is 0 Å². The molecule has 168 valence electrons. The van der Waals surface area contributed by atoms with Crippen LogP contribution in [-0.4, -0.2) is 82.8 Å². The minimum absolute atomic E-state index is 0.265. The number of ether oxygens (including phenoxy) is 1. The van der Waals surface area contributed by atoms with Gasteiger partial charge in [-0.3, -0.25) is 14.3 Å². The average molecular weight is 428 g/mol. The summed E-state index contributed by atoms with van der Waals surface area (Å²) >= 11 is 0. The maximum absolute atomic E-state index is 11.7. The van der Waals surface area contributed by atoms with Crippen molar-refractivity contribution in [1.29, 1.82) is 0 Å². The Hall–Kier alpha value is -2.70. The summed E-state index contributed by atoms with van der Waals surface area (Å²) in [5.41, 5.74) is 7.76. The van der Waals surface area contributed by atoms with E-state index < -0.39 is 41.7 Å². The van der Waals surface area contributed by atoms with Crippen LogP contribution in [0.25, 0.3) is 10.4 Å².